The van der Waals surface area contributed by atoms with Gasteiger partial charge in [0.1, 0.15) is 11.5 Å². The molecule has 0 spiro atoms. The highest BCUT2D eigenvalue weighted by Gasteiger charge is 2.31. The summed E-state index contributed by atoms with van der Waals surface area (Å²) in [5.74, 6) is 0.628. The Morgan fingerprint density at radius 2 is 1.70 bits per heavy atom. The number of amides is 1. The number of sulfone groups is 1. The number of hydrogen-bond acceptors (Lipinski definition) is 4. The molecule has 6 heteroatoms. The van der Waals surface area contributed by atoms with E-state index in [1.54, 1.807) is 12.1 Å². The summed E-state index contributed by atoms with van der Waals surface area (Å²) in [6.07, 6.45) is 12.9. The van der Waals surface area contributed by atoms with Crippen molar-refractivity contribution >= 4 is 15.7 Å². The van der Waals surface area contributed by atoms with Crippen LogP contribution in [0.15, 0.2) is 22.8 Å². The van der Waals surface area contributed by atoms with Crippen LogP contribution in [0.25, 0.3) is 0 Å². The van der Waals surface area contributed by atoms with Crippen LogP contribution in [0.4, 0.5) is 0 Å². The lowest BCUT2D eigenvalue weighted by Crippen LogP contribution is -2.42. The van der Waals surface area contributed by atoms with Crippen molar-refractivity contribution in [3.63, 3.8) is 0 Å². The number of carbonyl (C=O) groups is 1. The van der Waals surface area contributed by atoms with Crippen LogP contribution in [-0.2, 0) is 20.4 Å². The summed E-state index contributed by atoms with van der Waals surface area (Å²) in [7, 11) is -3.22. The largest absolute Gasteiger partial charge is 0.468 e. The van der Waals surface area contributed by atoms with E-state index in [-0.39, 0.29) is 16.9 Å². The Labute approximate surface area is 164 Å². The Morgan fingerprint density at radius 1 is 1.07 bits per heavy atom. The molecule has 1 aromatic heterocycles. The molecule has 154 valence electrons. The van der Waals surface area contributed by atoms with Crippen LogP contribution >= 0.6 is 0 Å². The highest BCUT2D eigenvalue weighted by molar-refractivity contribution is 7.91. The van der Waals surface area contributed by atoms with Crippen LogP contribution in [0.1, 0.15) is 83.3 Å². The predicted molar refractivity (Wildman–Crippen MR) is 108 cm³/mol. The third-order valence-corrected chi connectivity index (χ3v) is 7.64. The SMILES string of the molecule is CCCCCCCCCCC(=O)N1CCC(S(=O)(=O)Cc2ccco2)CC1. The van der Waals surface area contributed by atoms with Gasteiger partial charge in [0.25, 0.3) is 0 Å². The molecule has 0 aliphatic carbocycles. The van der Waals surface area contributed by atoms with Gasteiger partial charge in [0, 0.05) is 19.5 Å². The van der Waals surface area contributed by atoms with Gasteiger partial charge in [0.05, 0.1) is 11.5 Å². The molecule has 0 saturated carbocycles. The lowest BCUT2D eigenvalue weighted by Gasteiger charge is -2.31. The van der Waals surface area contributed by atoms with Gasteiger partial charge in [-0.3, -0.25) is 4.79 Å². The first-order valence-electron chi connectivity index (χ1n) is 10.5. The van der Waals surface area contributed by atoms with E-state index in [0.29, 0.717) is 38.1 Å². The molecule has 0 unspecified atom stereocenters. The number of piperidine rings is 1. The number of carbonyl (C=O) groups excluding carboxylic acids is 1. The van der Waals surface area contributed by atoms with Gasteiger partial charge in [0.2, 0.25) is 5.91 Å². The van der Waals surface area contributed by atoms with Crippen LogP contribution in [0.3, 0.4) is 0 Å². The third kappa shape index (κ3) is 7.68. The summed E-state index contributed by atoms with van der Waals surface area (Å²) < 4.78 is 30.2. The van der Waals surface area contributed by atoms with Gasteiger partial charge in [0.15, 0.2) is 9.84 Å². The molecule has 0 N–H and O–H groups in total. The van der Waals surface area contributed by atoms with Crippen LogP contribution in [0.5, 0.6) is 0 Å². The Balaban J connectivity index is 1.61. The first-order valence-corrected chi connectivity index (χ1v) is 12.3. The minimum Gasteiger partial charge on any atom is -0.468 e. The maximum Gasteiger partial charge on any atom is 0.222 e. The molecule has 0 aromatic carbocycles. The van der Waals surface area contributed by atoms with Crippen molar-refractivity contribution in [1.29, 1.82) is 0 Å². The van der Waals surface area contributed by atoms with Crippen molar-refractivity contribution in [3.8, 4) is 0 Å². The monoisotopic (exact) mass is 397 g/mol. The Morgan fingerprint density at radius 3 is 2.30 bits per heavy atom. The van der Waals surface area contributed by atoms with E-state index in [4.69, 9.17) is 4.42 Å². The molecule has 0 atom stereocenters. The normalized spacial score (nSPS) is 16.0. The van der Waals surface area contributed by atoms with Crippen LogP contribution in [-0.4, -0.2) is 37.6 Å². The maximum absolute atomic E-state index is 12.5. The van der Waals surface area contributed by atoms with Gasteiger partial charge >= 0.3 is 0 Å². The molecule has 1 saturated heterocycles. The van der Waals surface area contributed by atoms with Gasteiger partial charge in [-0.05, 0) is 31.4 Å². The summed E-state index contributed by atoms with van der Waals surface area (Å²) >= 11 is 0. The van der Waals surface area contributed by atoms with E-state index in [0.717, 1.165) is 12.8 Å². The van der Waals surface area contributed by atoms with Crippen molar-refractivity contribution < 1.29 is 17.6 Å². The van der Waals surface area contributed by atoms with E-state index < -0.39 is 9.84 Å². The number of nitrogens with zero attached hydrogens (tertiary/aromatic N) is 1. The number of furan rings is 1. The highest BCUT2D eigenvalue weighted by Crippen LogP contribution is 2.22. The van der Waals surface area contributed by atoms with Crippen LogP contribution in [0.2, 0.25) is 0 Å². The molecule has 0 radical (unpaired) electrons. The van der Waals surface area contributed by atoms with Gasteiger partial charge in [-0.2, -0.15) is 0 Å². The zero-order valence-corrected chi connectivity index (χ0v) is 17.5. The number of hydrogen-bond donors (Lipinski definition) is 0. The second-order valence-corrected chi connectivity index (χ2v) is 9.97. The summed E-state index contributed by atoms with van der Waals surface area (Å²) in [5.41, 5.74) is 0. The maximum atomic E-state index is 12.5. The van der Waals surface area contributed by atoms with Gasteiger partial charge in [-0.1, -0.05) is 51.9 Å². The minimum atomic E-state index is -3.22. The van der Waals surface area contributed by atoms with Crippen LogP contribution < -0.4 is 0 Å². The number of likely N-dealkylation sites (tertiary alicyclic amines) is 1. The Kier molecular flexibility index (Phi) is 9.39. The molecular weight excluding hydrogens is 362 g/mol. The van der Waals surface area contributed by atoms with Crippen molar-refractivity contribution in [2.24, 2.45) is 0 Å². The van der Waals surface area contributed by atoms with Gasteiger partial charge < -0.3 is 9.32 Å². The second-order valence-electron chi connectivity index (χ2n) is 7.69. The van der Waals surface area contributed by atoms with Crippen molar-refractivity contribution in [1.82, 2.24) is 4.90 Å². The van der Waals surface area contributed by atoms with E-state index in [1.807, 2.05) is 4.90 Å². The second kappa shape index (κ2) is 11.5. The molecule has 5 nitrogen and oxygen atoms in total. The minimum absolute atomic E-state index is 0.0448. The first-order chi connectivity index (χ1) is 13.0. The average Bonchev–Trinajstić information content (AvgIpc) is 3.16. The predicted octanol–water partition coefficient (Wildman–Crippen LogP) is 4.72. The van der Waals surface area contributed by atoms with Crippen molar-refractivity contribution in [2.75, 3.05) is 13.1 Å². The van der Waals surface area contributed by atoms with Crippen molar-refractivity contribution in [3.05, 3.63) is 24.2 Å². The molecule has 0 bridgehead atoms. The average molecular weight is 398 g/mol. The summed E-state index contributed by atoms with van der Waals surface area (Å²) in [6, 6.07) is 3.40. The standard InChI is InChI=1S/C21H35NO4S/c1-2-3-4-5-6-7-8-9-12-21(23)22-15-13-20(14-16-22)27(24,25)18-19-11-10-17-26-19/h10-11,17,20H,2-9,12-16,18H2,1H3. The quantitative estimate of drug-likeness (QED) is 0.479. The van der Waals surface area contributed by atoms with Gasteiger partial charge in [-0.15, -0.1) is 0 Å². The fourth-order valence-corrected chi connectivity index (χ4v) is 5.47. The van der Waals surface area contributed by atoms with Gasteiger partial charge in [-0.25, -0.2) is 8.42 Å². The molecule has 2 rings (SSSR count). The molecule has 1 aliphatic heterocycles. The zero-order valence-electron chi connectivity index (χ0n) is 16.7. The van der Waals surface area contributed by atoms with E-state index >= 15 is 0 Å². The first kappa shape index (κ1) is 22.0. The van der Waals surface area contributed by atoms with Crippen molar-refractivity contribution in [2.45, 2.75) is 88.6 Å². The Bertz CT molecular complexity index is 631. The molecule has 2 heterocycles. The number of unbranched alkanes of at least 4 members (excludes halogenated alkanes) is 7. The summed E-state index contributed by atoms with van der Waals surface area (Å²) in [5, 5.41) is -0.366. The van der Waals surface area contributed by atoms with E-state index in [1.165, 1.54) is 44.8 Å². The lowest BCUT2D eigenvalue weighted by atomic mass is 10.1. The molecule has 1 aromatic rings. The topological polar surface area (TPSA) is 67.6 Å². The zero-order chi connectivity index (χ0) is 19.5. The third-order valence-electron chi connectivity index (χ3n) is 5.47. The Hall–Kier alpha value is -1.30. The fourth-order valence-electron chi connectivity index (χ4n) is 3.74. The van der Waals surface area contributed by atoms with E-state index in [2.05, 4.69) is 6.92 Å². The molecule has 27 heavy (non-hydrogen) atoms. The number of rotatable bonds is 12. The van der Waals surface area contributed by atoms with Crippen LogP contribution in [0, 0.1) is 0 Å². The lowest BCUT2D eigenvalue weighted by molar-refractivity contribution is -0.132. The highest BCUT2D eigenvalue weighted by atomic mass is 32.2. The molecule has 1 amide bonds. The molecular formula is C21H35NO4S. The fraction of sp³-hybridized carbons (Fsp3) is 0.762. The van der Waals surface area contributed by atoms with E-state index in [9.17, 15) is 13.2 Å². The molecule has 1 aliphatic rings. The summed E-state index contributed by atoms with van der Waals surface area (Å²) in [4.78, 5) is 14.2. The smallest absolute Gasteiger partial charge is 0.222 e. The summed E-state index contributed by atoms with van der Waals surface area (Å²) in [6.45, 7) is 3.33. The molecule has 1 fully saturated rings.